The largest absolute Gasteiger partial charge is 0.340 e. The van der Waals surface area contributed by atoms with Gasteiger partial charge in [-0.2, -0.15) is 4.98 Å². The zero-order valence-corrected chi connectivity index (χ0v) is 16.3. The SMILES string of the molecule is Cl.Cn1cnc(CC(N)c2nc(Cc3ccc(-c4ccccc4)cc3)no2)c1. The first-order chi connectivity index (χ1) is 13.2. The van der Waals surface area contributed by atoms with Crippen molar-refractivity contribution in [1.29, 1.82) is 0 Å². The monoisotopic (exact) mass is 395 g/mol. The quantitative estimate of drug-likeness (QED) is 0.538. The first kappa shape index (κ1) is 19.8. The van der Waals surface area contributed by atoms with E-state index in [0.29, 0.717) is 24.6 Å². The Kier molecular flexibility index (Phi) is 6.23. The molecule has 0 amide bonds. The van der Waals surface area contributed by atoms with Crippen LogP contribution in [0.5, 0.6) is 0 Å². The van der Waals surface area contributed by atoms with Crippen LogP contribution in [-0.4, -0.2) is 19.7 Å². The average Bonchev–Trinajstić information content (AvgIpc) is 3.32. The van der Waals surface area contributed by atoms with Gasteiger partial charge >= 0.3 is 0 Å². The van der Waals surface area contributed by atoms with Crippen LogP contribution in [0.25, 0.3) is 11.1 Å². The van der Waals surface area contributed by atoms with Crippen LogP contribution < -0.4 is 5.73 Å². The number of hydrogen-bond acceptors (Lipinski definition) is 5. The van der Waals surface area contributed by atoms with E-state index >= 15 is 0 Å². The van der Waals surface area contributed by atoms with Crippen LogP contribution in [0.1, 0.15) is 29.0 Å². The first-order valence-corrected chi connectivity index (χ1v) is 8.86. The fourth-order valence-corrected chi connectivity index (χ4v) is 3.00. The van der Waals surface area contributed by atoms with E-state index in [-0.39, 0.29) is 18.4 Å². The lowest BCUT2D eigenvalue weighted by Crippen LogP contribution is -2.14. The Morgan fingerprint density at radius 3 is 2.43 bits per heavy atom. The van der Waals surface area contributed by atoms with Crippen LogP contribution in [0.15, 0.2) is 71.6 Å². The predicted molar refractivity (Wildman–Crippen MR) is 110 cm³/mol. The van der Waals surface area contributed by atoms with E-state index in [4.69, 9.17) is 10.3 Å². The van der Waals surface area contributed by atoms with Gasteiger partial charge in [0.1, 0.15) is 0 Å². The van der Waals surface area contributed by atoms with Gasteiger partial charge < -0.3 is 14.8 Å². The van der Waals surface area contributed by atoms with Crippen molar-refractivity contribution >= 4 is 12.4 Å². The highest BCUT2D eigenvalue weighted by molar-refractivity contribution is 5.85. The Morgan fingerprint density at radius 2 is 1.75 bits per heavy atom. The van der Waals surface area contributed by atoms with Crippen LogP contribution in [0.4, 0.5) is 0 Å². The second-order valence-corrected chi connectivity index (χ2v) is 6.63. The van der Waals surface area contributed by atoms with Crippen molar-refractivity contribution in [2.45, 2.75) is 18.9 Å². The standard InChI is InChI=1S/C21H21N5O.ClH/c1-26-13-18(23-14-26)12-19(22)21-24-20(25-27-21)11-15-7-9-17(10-8-15)16-5-3-2-4-6-16;/h2-10,13-14,19H,11-12,22H2,1H3;1H. The van der Waals surface area contributed by atoms with Crippen LogP contribution >= 0.6 is 12.4 Å². The molecule has 4 aromatic rings. The molecule has 144 valence electrons. The molecule has 0 fully saturated rings. The van der Waals surface area contributed by atoms with Crippen molar-refractivity contribution < 1.29 is 4.52 Å². The molecule has 6 nitrogen and oxygen atoms in total. The van der Waals surface area contributed by atoms with Gasteiger partial charge in [0.2, 0.25) is 5.89 Å². The Morgan fingerprint density at radius 1 is 1.04 bits per heavy atom. The summed E-state index contributed by atoms with van der Waals surface area (Å²) in [5, 5.41) is 4.07. The second-order valence-electron chi connectivity index (χ2n) is 6.63. The molecule has 2 N–H and O–H groups in total. The highest BCUT2D eigenvalue weighted by Gasteiger charge is 2.16. The fourth-order valence-electron chi connectivity index (χ4n) is 3.00. The lowest BCUT2D eigenvalue weighted by molar-refractivity contribution is 0.350. The Labute approximate surface area is 169 Å². The number of nitrogens with two attached hydrogens (primary N) is 1. The van der Waals surface area contributed by atoms with E-state index < -0.39 is 0 Å². The maximum absolute atomic E-state index is 6.18. The van der Waals surface area contributed by atoms with Crippen LogP contribution in [0.2, 0.25) is 0 Å². The summed E-state index contributed by atoms with van der Waals surface area (Å²) in [5.74, 6) is 1.07. The van der Waals surface area contributed by atoms with Crippen molar-refractivity contribution in [1.82, 2.24) is 19.7 Å². The van der Waals surface area contributed by atoms with Crippen molar-refractivity contribution in [2.24, 2.45) is 12.8 Å². The van der Waals surface area contributed by atoms with Crippen molar-refractivity contribution in [3.63, 3.8) is 0 Å². The lowest BCUT2D eigenvalue weighted by Gasteiger charge is -2.03. The molecule has 4 rings (SSSR count). The smallest absolute Gasteiger partial charge is 0.243 e. The van der Waals surface area contributed by atoms with Crippen LogP contribution in [-0.2, 0) is 19.9 Å². The summed E-state index contributed by atoms with van der Waals surface area (Å²) in [6.45, 7) is 0. The van der Waals surface area contributed by atoms with Crippen LogP contribution in [0.3, 0.4) is 0 Å². The van der Waals surface area contributed by atoms with E-state index in [1.165, 1.54) is 11.1 Å². The Bertz CT molecular complexity index is 1010. The Hall–Kier alpha value is -2.96. The third-order valence-electron chi connectivity index (χ3n) is 4.41. The minimum atomic E-state index is -0.360. The molecule has 28 heavy (non-hydrogen) atoms. The number of aromatic nitrogens is 4. The summed E-state index contributed by atoms with van der Waals surface area (Å²) in [6, 6.07) is 18.3. The van der Waals surface area contributed by atoms with Gasteiger partial charge in [0.25, 0.3) is 0 Å². The summed E-state index contributed by atoms with van der Waals surface area (Å²) in [7, 11) is 1.93. The zero-order chi connectivity index (χ0) is 18.6. The van der Waals surface area contributed by atoms with Gasteiger partial charge in [0, 0.05) is 26.1 Å². The van der Waals surface area contributed by atoms with Gasteiger partial charge in [-0.3, -0.25) is 0 Å². The maximum atomic E-state index is 6.18. The van der Waals surface area contributed by atoms with Crippen molar-refractivity contribution in [3.8, 4) is 11.1 Å². The summed E-state index contributed by atoms with van der Waals surface area (Å²) in [4.78, 5) is 8.73. The second kappa shape index (κ2) is 8.82. The van der Waals surface area contributed by atoms with Gasteiger partial charge in [0.15, 0.2) is 5.82 Å². The number of benzene rings is 2. The molecule has 0 bridgehead atoms. The molecular formula is C21H22ClN5O. The molecule has 0 spiro atoms. The molecule has 2 aromatic carbocycles. The number of aryl methyl sites for hydroxylation is 1. The van der Waals surface area contributed by atoms with Gasteiger partial charge in [-0.15, -0.1) is 12.4 Å². The molecule has 0 radical (unpaired) electrons. The lowest BCUT2D eigenvalue weighted by atomic mass is 10.0. The van der Waals surface area contributed by atoms with E-state index in [1.54, 1.807) is 6.33 Å². The van der Waals surface area contributed by atoms with E-state index in [1.807, 2.05) is 36.0 Å². The minimum Gasteiger partial charge on any atom is -0.340 e. The maximum Gasteiger partial charge on any atom is 0.243 e. The Balaban J connectivity index is 0.00000225. The van der Waals surface area contributed by atoms with Gasteiger partial charge in [-0.1, -0.05) is 59.8 Å². The number of imidazole rings is 1. The summed E-state index contributed by atoms with van der Waals surface area (Å²) < 4.78 is 7.24. The zero-order valence-electron chi connectivity index (χ0n) is 15.5. The highest BCUT2D eigenvalue weighted by atomic mass is 35.5. The molecule has 0 aliphatic rings. The normalized spacial score (nSPS) is 11.8. The fraction of sp³-hybridized carbons (Fsp3) is 0.190. The van der Waals surface area contributed by atoms with Gasteiger partial charge in [-0.25, -0.2) is 4.98 Å². The molecule has 2 heterocycles. The third kappa shape index (κ3) is 4.65. The first-order valence-electron chi connectivity index (χ1n) is 8.86. The van der Waals surface area contributed by atoms with Crippen LogP contribution in [0, 0.1) is 0 Å². The molecule has 0 aliphatic carbocycles. The number of rotatable bonds is 6. The summed E-state index contributed by atoms with van der Waals surface area (Å²) in [6.07, 6.45) is 4.86. The van der Waals surface area contributed by atoms with E-state index in [9.17, 15) is 0 Å². The topological polar surface area (TPSA) is 82.8 Å². The molecule has 0 saturated carbocycles. The number of halogens is 1. The molecule has 0 saturated heterocycles. The summed E-state index contributed by atoms with van der Waals surface area (Å²) in [5.41, 5.74) is 10.6. The van der Waals surface area contributed by atoms with Crippen molar-refractivity contribution in [2.75, 3.05) is 0 Å². The molecule has 1 atom stereocenters. The predicted octanol–water partition coefficient (Wildman–Crippen LogP) is 3.73. The number of hydrogen-bond donors (Lipinski definition) is 1. The third-order valence-corrected chi connectivity index (χ3v) is 4.41. The van der Waals surface area contributed by atoms with Crippen molar-refractivity contribution in [3.05, 3.63) is 90.1 Å². The molecular weight excluding hydrogens is 374 g/mol. The van der Waals surface area contributed by atoms with E-state index in [0.717, 1.165) is 11.3 Å². The van der Waals surface area contributed by atoms with Gasteiger partial charge in [0.05, 0.1) is 18.1 Å². The molecule has 7 heteroatoms. The molecule has 0 aliphatic heterocycles. The molecule has 1 unspecified atom stereocenters. The summed E-state index contributed by atoms with van der Waals surface area (Å²) >= 11 is 0. The molecule has 2 aromatic heterocycles. The number of nitrogens with zero attached hydrogens (tertiary/aromatic N) is 4. The van der Waals surface area contributed by atoms with E-state index in [2.05, 4.69) is 51.5 Å². The average molecular weight is 396 g/mol. The highest BCUT2D eigenvalue weighted by Crippen LogP contribution is 2.20. The minimum absolute atomic E-state index is 0. The van der Waals surface area contributed by atoms with Gasteiger partial charge in [-0.05, 0) is 16.7 Å².